The largest absolute Gasteiger partial charge is 0.318 e. The molecule has 0 amide bonds. The van der Waals surface area contributed by atoms with Crippen LogP contribution in [0.5, 0.6) is 0 Å². The number of hydrogen-bond acceptors (Lipinski definition) is 1. The molecule has 13 heavy (non-hydrogen) atoms. The highest BCUT2D eigenvalue weighted by atomic mass is 14.7. The molecule has 0 saturated heterocycles. The highest BCUT2D eigenvalue weighted by Gasteiger charge is 2.24. The highest BCUT2D eigenvalue weighted by molar-refractivity contribution is 5.77. The van der Waals surface area contributed by atoms with Gasteiger partial charge >= 0.3 is 0 Å². The minimum atomic E-state index is -0.349. The zero-order valence-corrected chi connectivity index (χ0v) is 7.75. The Bertz CT molecular complexity index is 386. The van der Waals surface area contributed by atoms with Crippen LogP contribution in [-0.4, -0.2) is 0 Å². The van der Waals surface area contributed by atoms with Crippen LogP contribution in [0.2, 0.25) is 0 Å². The van der Waals surface area contributed by atoms with E-state index in [1.807, 2.05) is 31.2 Å². The lowest BCUT2D eigenvalue weighted by Gasteiger charge is -2.28. The minimum Gasteiger partial charge on any atom is -0.318 e. The molecule has 0 radical (unpaired) electrons. The zero-order valence-electron chi connectivity index (χ0n) is 7.75. The third kappa shape index (κ3) is 1.21. The van der Waals surface area contributed by atoms with Crippen LogP contribution in [0.3, 0.4) is 0 Å². The third-order valence-corrected chi connectivity index (χ3v) is 2.48. The average Bonchev–Trinajstić information content (AvgIpc) is 2.13. The Labute approximate surface area is 78.6 Å². The molecule has 0 heterocycles. The smallest absolute Gasteiger partial charge is 0.0576 e. The van der Waals surface area contributed by atoms with Gasteiger partial charge in [-0.15, -0.1) is 0 Å². The molecule has 1 atom stereocenters. The first-order valence-corrected chi connectivity index (χ1v) is 4.38. The number of rotatable bonds is 0. The lowest BCUT2D eigenvalue weighted by atomic mass is 9.82. The van der Waals surface area contributed by atoms with E-state index in [1.54, 1.807) is 0 Å². The second-order valence-electron chi connectivity index (χ2n) is 3.69. The second-order valence-corrected chi connectivity index (χ2v) is 3.69. The molecule has 1 aliphatic carbocycles. The molecule has 1 heteroatoms. The summed E-state index contributed by atoms with van der Waals surface area (Å²) in [7, 11) is 0. The summed E-state index contributed by atoms with van der Waals surface area (Å²) in [5.41, 5.74) is 9.13. The molecule has 1 aliphatic rings. The molecule has 0 spiro atoms. The Morgan fingerprint density at radius 3 is 2.69 bits per heavy atom. The molecule has 1 aromatic rings. The molecule has 0 fully saturated rings. The quantitative estimate of drug-likeness (QED) is 0.637. The van der Waals surface area contributed by atoms with Crippen LogP contribution in [0.1, 0.15) is 18.1 Å². The molecule has 2 N–H and O–H groups in total. The Kier molecular flexibility index (Phi) is 1.64. The van der Waals surface area contributed by atoms with E-state index in [0.717, 1.165) is 16.7 Å². The fourth-order valence-corrected chi connectivity index (χ4v) is 1.69. The van der Waals surface area contributed by atoms with E-state index in [0.29, 0.717) is 0 Å². The van der Waals surface area contributed by atoms with E-state index >= 15 is 0 Å². The van der Waals surface area contributed by atoms with Gasteiger partial charge in [0.15, 0.2) is 0 Å². The van der Waals surface area contributed by atoms with Gasteiger partial charge in [0, 0.05) is 0 Å². The lowest BCUT2D eigenvalue weighted by molar-refractivity contribution is 0.624. The van der Waals surface area contributed by atoms with Crippen molar-refractivity contribution in [2.45, 2.75) is 12.5 Å². The average molecular weight is 171 g/mol. The zero-order chi connectivity index (χ0) is 9.47. The maximum Gasteiger partial charge on any atom is 0.0576 e. The molecule has 1 aromatic carbocycles. The highest BCUT2D eigenvalue weighted by Crippen LogP contribution is 2.32. The van der Waals surface area contributed by atoms with Gasteiger partial charge in [-0.25, -0.2) is 0 Å². The summed E-state index contributed by atoms with van der Waals surface area (Å²) in [6.07, 6.45) is 3.99. The fourth-order valence-electron chi connectivity index (χ4n) is 1.69. The molecule has 0 saturated carbocycles. The van der Waals surface area contributed by atoms with Gasteiger partial charge < -0.3 is 5.73 Å². The van der Waals surface area contributed by atoms with Gasteiger partial charge in [0.2, 0.25) is 0 Å². The molecule has 1 nitrogen and oxygen atoms in total. The maximum atomic E-state index is 6.12. The number of nitrogens with two attached hydrogens (primary N) is 1. The third-order valence-electron chi connectivity index (χ3n) is 2.48. The molecular formula is C12H13N. The van der Waals surface area contributed by atoms with Crippen molar-refractivity contribution in [1.29, 1.82) is 0 Å². The normalized spacial score (nSPS) is 25.8. The first-order valence-electron chi connectivity index (χ1n) is 4.38. The molecule has 0 aliphatic heterocycles. The molecule has 0 bridgehead atoms. The summed E-state index contributed by atoms with van der Waals surface area (Å²) in [5.74, 6) is 0. The molecule has 66 valence electrons. The van der Waals surface area contributed by atoms with Crippen molar-refractivity contribution in [2.75, 3.05) is 0 Å². The van der Waals surface area contributed by atoms with Gasteiger partial charge in [-0.1, -0.05) is 43.0 Å². The molecular weight excluding hydrogens is 158 g/mol. The van der Waals surface area contributed by atoms with Crippen molar-refractivity contribution >= 4 is 5.57 Å². The number of hydrogen-bond donors (Lipinski definition) is 1. The monoisotopic (exact) mass is 171 g/mol. The van der Waals surface area contributed by atoms with Crippen molar-refractivity contribution in [2.24, 2.45) is 5.73 Å². The van der Waals surface area contributed by atoms with Crippen LogP contribution in [0.4, 0.5) is 0 Å². The summed E-state index contributed by atoms with van der Waals surface area (Å²) in [5, 5.41) is 0. The predicted molar refractivity (Wildman–Crippen MR) is 56.2 cm³/mol. The van der Waals surface area contributed by atoms with E-state index in [9.17, 15) is 0 Å². The molecule has 1 unspecified atom stereocenters. The Morgan fingerprint density at radius 1 is 1.31 bits per heavy atom. The van der Waals surface area contributed by atoms with Crippen molar-refractivity contribution in [1.82, 2.24) is 0 Å². The van der Waals surface area contributed by atoms with Crippen molar-refractivity contribution in [3.8, 4) is 0 Å². The number of benzene rings is 1. The van der Waals surface area contributed by atoms with Gasteiger partial charge in [0.25, 0.3) is 0 Å². The van der Waals surface area contributed by atoms with Crippen LogP contribution in [0, 0.1) is 0 Å². The summed E-state index contributed by atoms with van der Waals surface area (Å²) >= 11 is 0. The second kappa shape index (κ2) is 2.57. The Balaban J connectivity index is 2.68. The summed E-state index contributed by atoms with van der Waals surface area (Å²) < 4.78 is 0. The summed E-state index contributed by atoms with van der Waals surface area (Å²) in [6, 6.07) is 8.14. The maximum absolute atomic E-state index is 6.12. The van der Waals surface area contributed by atoms with E-state index in [-0.39, 0.29) is 5.54 Å². The van der Waals surface area contributed by atoms with E-state index in [4.69, 9.17) is 5.73 Å². The number of allylic oxidation sites excluding steroid dienone is 2. The molecule has 2 rings (SSSR count). The van der Waals surface area contributed by atoms with E-state index < -0.39 is 0 Å². The van der Waals surface area contributed by atoms with Gasteiger partial charge in [0.1, 0.15) is 0 Å². The Hall–Kier alpha value is -1.34. The predicted octanol–water partition coefficient (Wildman–Crippen LogP) is 2.44. The van der Waals surface area contributed by atoms with E-state index in [1.165, 1.54) is 0 Å². The minimum absolute atomic E-state index is 0.349. The van der Waals surface area contributed by atoms with Gasteiger partial charge in [-0.3, -0.25) is 0 Å². The van der Waals surface area contributed by atoms with Crippen LogP contribution in [0.15, 0.2) is 43.0 Å². The lowest BCUT2D eigenvalue weighted by Crippen LogP contribution is -2.33. The van der Waals surface area contributed by atoms with Crippen molar-refractivity contribution in [3.05, 3.63) is 54.1 Å². The topological polar surface area (TPSA) is 26.0 Å². The van der Waals surface area contributed by atoms with Crippen LogP contribution < -0.4 is 5.73 Å². The summed E-state index contributed by atoms with van der Waals surface area (Å²) in [6.45, 7) is 5.99. The van der Waals surface area contributed by atoms with Gasteiger partial charge in [0.05, 0.1) is 5.54 Å². The SMILES string of the molecule is C=C1C=CC(C)(N)c2ccccc21. The first-order chi connectivity index (χ1) is 6.11. The standard InChI is InChI=1S/C12H13N/c1-9-7-8-12(2,13)11-6-4-3-5-10(9)11/h3-8H,1,13H2,2H3. The van der Waals surface area contributed by atoms with E-state index in [2.05, 4.69) is 18.7 Å². The number of fused-ring (bicyclic) bond motifs is 1. The van der Waals surface area contributed by atoms with Crippen molar-refractivity contribution < 1.29 is 0 Å². The summed E-state index contributed by atoms with van der Waals surface area (Å²) in [4.78, 5) is 0. The first kappa shape index (κ1) is 8.27. The fraction of sp³-hybridized carbons (Fsp3) is 0.167. The van der Waals surface area contributed by atoms with Crippen molar-refractivity contribution in [3.63, 3.8) is 0 Å². The van der Waals surface area contributed by atoms with Crippen LogP contribution in [0.25, 0.3) is 5.57 Å². The van der Waals surface area contributed by atoms with Gasteiger partial charge in [-0.2, -0.15) is 0 Å². The van der Waals surface area contributed by atoms with Crippen LogP contribution in [-0.2, 0) is 5.54 Å². The van der Waals surface area contributed by atoms with Crippen LogP contribution >= 0.6 is 0 Å². The molecule has 0 aromatic heterocycles. The van der Waals surface area contributed by atoms with Gasteiger partial charge in [-0.05, 0) is 23.6 Å². The Morgan fingerprint density at radius 2 is 2.00 bits per heavy atom.